The van der Waals surface area contributed by atoms with Crippen molar-refractivity contribution in [3.63, 3.8) is 0 Å². The van der Waals surface area contributed by atoms with Gasteiger partial charge >= 0.3 is 0 Å². The lowest BCUT2D eigenvalue weighted by molar-refractivity contribution is 0.102. The van der Waals surface area contributed by atoms with Crippen molar-refractivity contribution < 1.29 is 9.90 Å². The zero-order valence-electron chi connectivity index (χ0n) is 10.1. The second-order valence-electron chi connectivity index (χ2n) is 4.00. The first-order chi connectivity index (χ1) is 8.99. The van der Waals surface area contributed by atoms with E-state index < -0.39 is 5.91 Å². The number of amides is 1. The number of aromatic nitrogens is 2. The number of aromatic hydroxyl groups is 1. The number of nitrogens with two attached hydrogens (primary N) is 1. The van der Waals surface area contributed by atoms with Gasteiger partial charge in [-0.1, -0.05) is 18.3 Å². The maximum Gasteiger partial charge on any atom is 0.260 e. The van der Waals surface area contributed by atoms with Gasteiger partial charge in [-0.2, -0.15) is 5.10 Å². The molecule has 2 aromatic rings. The van der Waals surface area contributed by atoms with Gasteiger partial charge in [0, 0.05) is 0 Å². The van der Waals surface area contributed by atoms with Gasteiger partial charge in [-0.3, -0.25) is 9.89 Å². The van der Waals surface area contributed by atoms with Crippen molar-refractivity contribution in [2.45, 2.75) is 6.92 Å². The van der Waals surface area contributed by atoms with Crippen LogP contribution in [-0.4, -0.2) is 26.2 Å². The maximum absolute atomic E-state index is 12.0. The number of anilines is 1. The molecule has 0 radical (unpaired) electrons. The van der Waals surface area contributed by atoms with Crippen LogP contribution in [0, 0.1) is 6.92 Å². The summed E-state index contributed by atoms with van der Waals surface area (Å²) < 4.78 is 0. The Morgan fingerprint density at radius 2 is 2.21 bits per heavy atom. The van der Waals surface area contributed by atoms with Gasteiger partial charge in [0.05, 0.1) is 17.3 Å². The Bertz CT molecular complexity index is 651. The van der Waals surface area contributed by atoms with Gasteiger partial charge in [-0.05, 0) is 24.6 Å². The zero-order valence-corrected chi connectivity index (χ0v) is 10.9. The lowest BCUT2D eigenvalue weighted by atomic mass is 10.1. The molecule has 1 heterocycles. The van der Waals surface area contributed by atoms with Crippen molar-refractivity contribution >= 4 is 28.9 Å². The van der Waals surface area contributed by atoms with Crippen LogP contribution < -0.4 is 11.1 Å². The summed E-state index contributed by atoms with van der Waals surface area (Å²) in [6.45, 7) is 1.82. The Labute approximate surface area is 114 Å². The van der Waals surface area contributed by atoms with E-state index in [0.29, 0.717) is 11.4 Å². The molecule has 0 aliphatic heterocycles. The van der Waals surface area contributed by atoms with Crippen LogP contribution >= 0.6 is 12.2 Å². The van der Waals surface area contributed by atoms with Gasteiger partial charge < -0.3 is 16.2 Å². The van der Waals surface area contributed by atoms with Crippen LogP contribution in [0.15, 0.2) is 24.4 Å². The number of phenols is 1. The third kappa shape index (κ3) is 2.71. The van der Waals surface area contributed by atoms with Gasteiger partial charge in [-0.15, -0.1) is 0 Å². The van der Waals surface area contributed by atoms with Gasteiger partial charge in [0.2, 0.25) is 0 Å². The van der Waals surface area contributed by atoms with Crippen LogP contribution in [0.2, 0.25) is 0 Å². The molecule has 1 amide bonds. The molecule has 19 heavy (non-hydrogen) atoms. The molecule has 0 aliphatic rings. The second kappa shape index (κ2) is 5.07. The molecule has 0 bridgehead atoms. The highest BCUT2D eigenvalue weighted by atomic mass is 32.1. The Hall–Kier alpha value is -2.41. The first-order valence-corrected chi connectivity index (χ1v) is 5.84. The fourth-order valence-electron chi connectivity index (χ4n) is 1.58. The number of H-pyrrole nitrogens is 1. The molecule has 2 rings (SSSR count). The Morgan fingerprint density at radius 1 is 1.47 bits per heavy atom. The van der Waals surface area contributed by atoms with Crippen LogP contribution in [0.1, 0.15) is 21.5 Å². The number of hydrogen-bond donors (Lipinski definition) is 4. The van der Waals surface area contributed by atoms with E-state index in [9.17, 15) is 9.90 Å². The first-order valence-electron chi connectivity index (χ1n) is 5.43. The number of carbonyl (C=O) groups is 1. The summed E-state index contributed by atoms with van der Waals surface area (Å²) in [5.41, 5.74) is 6.96. The van der Waals surface area contributed by atoms with E-state index in [0.717, 1.165) is 5.56 Å². The molecule has 0 atom stereocenters. The minimum absolute atomic E-state index is 0.0890. The number of benzene rings is 1. The van der Waals surface area contributed by atoms with Crippen LogP contribution in [0.4, 0.5) is 5.82 Å². The predicted octanol–water partition coefficient (Wildman–Crippen LogP) is 1.31. The number of phenolic OH excluding ortho intramolecular Hbond substituents is 1. The molecular formula is C12H12N4O2S. The molecule has 0 unspecified atom stereocenters. The highest BCUT2D eigenvalue weighted by molar-refractivity contribution is 7.80. The summed E-state index contributed by atoms with van der Waals surface area (Å²) in [5, 5.41) is 18.6. The number of rotatable bonds is 3. The van der Waals surface area contributed by atoms with Crippen LogP contribution in [0.3, 0.4) is 0 Å². The summed E-state index contributed by atoms with van der Waals surface area (Å²) in [4.78, 5) is 12.1. The maximum atomic E-state index is 12.0. The van der Waals surface area contributed by atoms with Gasteiger partial charge in [0.15, 0.2) is 0 Å². The minimum Gasteiger partial charge on any atom is -0.507 e. The molecule has 0 aliphatic carbocycles. The summed E-state index contributed by atoms with van der Waals surface area (Å²) in [6.07, 6.45) is 1.42. The second-order valence-corrected chi connectivity index (χ2v) is 4.44. The zero-order chi connectivity index (χ0) is 14.0. The van der Waals surface area contributed by atoms with Crippen LogP contribution in [0.25, 0.3) is 0 Å². The molecule has 0 spiro atoms. The molecule has 98 valence electrons. The Kier molecular flexibility index (Phi) is 3.48. The van der Waals surface area contributed by atoms with Crippen molar-refractivity contribution in [2.24, 2.45) is 5.73 Å². The topological polar surface area (TPSA) is 104 Å². The predicted molar refractivity (Wildman–Crippen MR) is 75.3 cm³/mol. The van der Waals surface area contributed by atoms with E-state index in [1.165, 1.54) is 18.3 Å². The van der Waals surface area contributed by atoms with Crippen molar-refractivity contribution in [3.8, 4) is 5.75 Å². The lowest BCUT2D eigenvalue weighted by Crippen LogP contribution is -2.17. The van der Waals surface area contributed by atoms with Crippen molar-refractivity contribution in [1.29, 1.82) is 0 Å². The quantitative estimate of drug-likeness (QED) is 0.633. The third-order valence-corrected chi connectivity index (χ3v) is 2.76. The SMILES string of the molecule is Cc1ccc(C(=O)Nc2[nH]ncc2C(N)=S)c(O)c1. The van der Waals surface area contributed by atoms with Crippen molar-refractivity contribution in [3.05, 3.63) is 41.1 Å². The lowest BCUT2D eigenvalue weighted by Gasteiger charge is -2.07. The Morgan fingerprint density at radius 3 is 2.84 bits per heavy atom. The van der Waals surface area contributed by atoms with Crippen molar-refractivity contribution in [1.82, 2.24) is 10.2 Å². The van der Waals surface area contributed by atoms with E-state index in [4.69, 9.17) is 18.0 Å². The largest absolute Gasteiger partial charge is 0.507 e. The van der Waals surface area contributed by atoms with Crippen LogP contribution in [-0.2, 0) is 0 Å². The summed E-state index contributed by atoms with van der Waals surface area (Å²) in [5.74, 6) is -0.259. The average Bonchev–Trinajstić information content (AvgIpc) is 2.76. The number of hydrogen-bond acceptors (Lipinski definition) is 4. The summed E-state index contributed by atoms with van der Waals surface area (Å²) >= 11 is 4.83. The fourth-order valence-corrected chi connectivity index (χ4v) is 1.74. The van der Waals surface area contributed by atoms with E-state index in [1.807, 2.05) is 6.92 Å². The highest BCUT2D eigenvalue weighted by Crippen LogP contribution is 2.20. The summed E-state index contributed by atoms with van der Waals surface area (Å²) in [7, 11) is 0. The van der Waals surface area contributed by atoms with Gasteiger partial charge in [0.1, 0.15) is 16.6 Å². The van der Waals surface area contributed by atoms with E-state index >= 15 is 0 Å². The standard InChI is InChI=1S/C12H12N4O2S/c1-6-2-3-7(9(17)4-6)12(18)15-11-8(10(13)19)5-14-16-11/h2-5,17H,1H3,(H2,13,19)(H2,14,15,16,18). The van der Waals surface area contributed by atoms with Gasteiger partial charge in [0.25, 0.3) is 5.91 Å². The molecule has 0 fully saturated rings. The molecule has 1 aromatic carbocycles. The molecule has 0 saturated heterocycles. The highest BCUT2D eigenvalue weighted by Gasteiger charge is 2.15. The van der Waals surface area contributed by atoms with E-state index in [2.05, 4.69) is 15.5 Å². The molecule has 7 heteroatoms. The van der Waals surface area contributed by atoms with Crippen LogP contribution in [0.5, 0.6) is 5.75 Å². The first kappa shape index (κ1) is 13.0. The average molecular weight is 276 g/mol. The number of nitrogens with zero attached hydrogens (tertiary/aromatic N) is 1. The monoisotopic (exact) mass is 276 g/mol. The van der Waals surface area contributed by atoms with E-state index in [-0.39, 0.29) is 16.3 Å². The smallest absolute Gasteiger partial charge is 0.260 e. The number of thiocarbonyl (C=S) groups is 1. The van der Waals surface area contributed by atoms with E-state index in [1.54, 1.807) is 6.07 Å². The number of carbonyl (C=O) groups excluding carboxylic acids is 1. The molecule has 0 saturated carbocycles. The molecule has 5 N–H and O–H groups in total. The molecule has 1 aromatic heterocycles. The summed E-state index contributed by atoms with van der Waals surface area (Å²) in [6, 6.07) is 4.78. The molecular weight excluding hydrogens is 264 g/mol. The van der Waals surface area contributed by atoms with Gasteiger partial charge in [-0.25, -0.2) is 0 Å². The number of aromatic amines is 1. The third-order valence-electron chi connectivity index (χ3n) is 2.54. The number of nitrogens with one attached hydrogen (secondary N) is 2. The minimum atomic E-state index is -0.473. The normalized spacial score (nSPS) is 10.2. The molecule has 6 nitrogen and oxygen atoms in total. The number of aryl methyl sites for hydroxylation is 1. The van der Waals surface area contributed by atoms with Crippen molar-refractivity contribution in [2.75, 3.05) is 5.32 Å². The Balaban J connectivity index is 2.26. The fraction of sp³-hybridized carbons (Fsp3) is 0.0833.